The van der Waals surface area contributed by atoms with E-state index in [1.54, 1.807) is 12.1 Å². The molecule has 1 aliphatic heterocycles. The topological polar surface area (TPSA) is 35.2 Å². The molecule has 1 aliphatic rings. The first-order valence-electron chi connectivity index (χ1n) is 6.21. The third-order valence-electron chi connectivity index (χ3n) is 3.21. The average molecular weight is 255 g/mol. The lowest BCUT2D eigenvalue weighted by Crippen LogP contribution is -1.89. The zero-order valence-electron chi connectivity index (χ0n) is 10.4. The van der Waals surface area contributed by atoms with Gasteiger partial charge in [0.15, 0.2) is 0 Å². The van der Waals surface area contributed by atoms with Gasteiger partial charge in [0.2, 0.25) is 0 Å². The summed E-state index contributed by atoms with van der Waals surface area (Å²) in [5.41, 5.74) is 8.72. The molecule has 0 amide bonds. The quantitative estimate of drug-likeness (QED) is 0.658. The molecule has 96 valence electrons. The van der Waals surface area contributed by atoms with E-state index in [-0.39, 0.29) is 11.5 Å². The number of ether oxygens (including phenoxy) is 1. The molecule has 0 saturated carbocycles. The summed E-state index contributed by atoms with van der Waals surface area (Å²) in [6.07, 6.45) is 4.79. The first-order chi connectivity index (χ1) is 9.22. The molecule has 0 spiro atoms. The Labute approximate surface area is 111 Å². The standard InChI is InChI=1S/C16H14FNO/c17-14-10-12(3-5-15(14)18)2-1-11-4-6-16-13(9-11)7-8-19-16/h1-6,9-10H,7-8,18H2/b2-1+. The second-order valence-corrected chi connectivity index (χ2v) is 4.58. The Kier molecular flexibility index (Phi) is 2.95. The van der Waals surface area contributed by atoms with Gasteiger partial charge >= 0.3 is 0 Å². The summed E-state index contributed by atoms with van der Waals surface area (Å²) in [6, 6.07) is 10.9. The Morgan fingerprint density at radius 1 is 1.05 bits per heavy atom. The summed E-state index contributed by atoms with van der Waals surface area (Å²) in [5.74, 6) is 0.584. The number of nitrogens with two attached hydrogens (primary N) is 1. The predicted octanol–water partition coefficient (Wildman–Crippen LogP) is 3.51. The molecule has 0 bridgehead atoms. The Morgan fingerprint density at radius 2 is 1.79 bits per heavy atom. The number of rotatable bonds is 2. The van der Waals surface area contributed by atoms with Crippen LogP contribution in [0.3, 0.4) is 0 Å². The van der Waals surface area contributed by atoms with Crippen LogP contribution in [-0.4, -0.2) is 6.61 Å². The third-order valence-corrected chi connectivity index (χ3v) is 3.21. The van der Waals surface area contributed by atoms with Crippen LogP contribution in [0.4, 0.5) is 10.1 Å². The number of nitrogen functional groups attached to an aromatic ring is 1. The fourth-order valence-electron chi connectivity index (χ4n) is 2.15. The van der Waals surface area contributed by atoms with Crippen LogP contribution in [0.1, 0.15) is 16.7 Å². The second kappa shape index (κ2) is 4.76. The maximum Gasteiger partial charge on any atom is 0.146 e. The Bertz CT molecular complexity index is 649. The van der Waals surface area contributed by atoms with E-state index in [9.17, 15) is 4.39 Å². The van der Waals surface area contributed by atoms with E-state index in [0.717, 1.165) is 29.9 Å². The van der Waals surface area contributed by atoms with Gasteiger partial charge in [-0.15, -0.1) is 0 Å². The highest BCUT2D eigenvalue weighted by molar-refractivity contribution is 5.71. The van der Waals surface area contributed by atoms with Crippen LogP contribution in [0.15, 0.2) is 36.4 Å². The summed E-state index contributed by atoms with van der Waals surface area (Å²) >= 11 is 0. The Hall–Kier alpha value is -2.29. The largest absolute Gasteiger partial charge is 0.493 e. The van der Waals surface area contributed by atoms with Crippen LogP contribution in [0.25, 0.3) is 12.2 Å². The van der Waals surface area contributed by atoms with Crippen molar-refractivity contribution in [1.82, 2.24) is 0 Å². The molecule has 0 radical (unpaired) electrons. The predicted molar refractivity (Wildman–Crippen MR) is 75.4 cm³/mol. The lowest BCUT2D eigenvalue weighted by molar-refractivity contribution is 0.357. The van der Waals surface area contributed by atoms with Crippen molar-refractivity contribution in [2.24, 2.45) is 0 Å². The van der Waals surface area contributed by atoms with Crippen molar-refractivity contribution in [1.29, 1.82) is 0 Å². The SMILES string of the molecule is Nc1ccc(/C=C/c2ccc3c(c2)CCO3)cc1F. The van der Waals surface area contributed by atoms with E-state index in [4.69, 9.17) is 10.5 Å². The highest BCUT2D eigenvalue weighted by atomic mass is 19.1. The highest BCUT2D eigenvalue weighted by Crippen LogP contribution is 2.26. The number of hydrogen-bond donors (Lipinski definition) is 1. The zero-order valence-corrected chi connectivity index (χ0v) is 10.4. The maximum absolute atomic E-state index is 13.3. The molecule has 1 heterocycles. The number of benzene rings is 2. The van der Waals surface area contributed by atoms with E-state index in [1.807, 2.05) is 24.3 Å². The van der Waals surface area contributed by atoms with Crippen molar-refractivity contribution in [2.45, 2.75) is 6.42 Å². The zero-order chi connectivity index (χ0) is 13.2. The summed E-state index contributed by atoms with van der Waals surface area (Å²) in [5, 5.41) is 0. The van der Waals surface area contributed by atoms with E-state index < -0.39 is 0 Å². The smallest absolute Gasteiger partial charge is 0.146 e. The summed E-state index contributed by atoms with van der Waals surface area (Å²) in [7, 11) is 0. The maximum atomic E-state index is 13.3. The van der Waals surface area contributed by atoms with Gasteiger partial charge in [-0.2, -0.15) is 0 Å². The monoisotopic (exact) mass is 255 g/mol. The third kappa shape index (κ3) is 2.45. The van der Waals surface area contributed by atoms with E-state index in [2.05, 4.69) is 6.07 Å². The van der Waals surface area contributed by atoms with Gasteiger partial charge in [-0.05, 0) is 41.0 Å². The normalized spacial score (nSPS) is 13.5. The first kappa shape index (κ1) is 11.8. The van der Waals surface area contributed by atoms with Crippen molar-refractivity contribution < 1.29 is 9.13 Å². The average Bonchev–Trinajstić information content (AvgIpc) is 2.87. The second-order valence-electron chi connectivity index (χ2n) is 4.58. The van der Waals surface area contributed by atoms with E-state index in [1.165, 1.54) is 11.6 Å². The van der Waals surface area contributed by atoms with E-state index >= 15 is 0 Å². The van der Waals surface area contributed by atoms with Crippen molar-refractivity contribution in [2.75, 3.05) is 12.3 Å². The van der Waals surface area contributed by atoms with Gasteiger partial charge in [0.25, 0.3) is 0 Å². The molecule has 19 heavy (non-hydrogen) atoms. The Morgan fingerprint density at radius 3 is 2.58 bits per heavy atom. The van der Waals surface area contributed by atoms with Crippen LogP contribution in [-0.2, 0) is 6.42 Å². The minimum Gasteiger partial charge on any atom is -0.493 e. The van der Waals surface area contributed by atoms with Gasteiger partial charge in [0.1, 0.15) is 11.6 Å². The van der Waals surface area contributed by atoms with E-state index in [0.29, 0.717) is 0 Å². The highest BCUT2D eigenvalue weighted by Gasteiger charge is 2.10. The van der Waals surface area contributed by atoms with Crippen LogP contribution in [0, 0.1) is 5.82 Å². The minimum atomic E-state index is -0.385. The number of anilines is 1. The van der Waals surface area contributed by atoms with Gasteiger partial charge in [-0.1, -0.05) is 24.3 Å². The van der Waals surface area contributed by atoms with Crippen LogP contribution in [0.2, 0.25) is 0 Å². The molecule has 3 rings (SSSR count). The van der Waals surface area contributed by atoms with Crippen molar-refractivity contribution in [3.05, 3.63) is 58.9 Å². The fraction of sp³-hybridized carbons (Fsp3) is 0.125. The number of fused-ring (bicyclic) bond motifs is 1. The number of hydrogen-bond acceptors (Lipinski definition) is 2. The molecule has 0 aromatic heterocycles. The molecule has 2 nitrogen and oxygen atoms in total. The lowest BCUT2D eigenvalue weighted by Gasteiger charge is -2.00. The first-order valence-corrected chi connectivity index (χ1v) is 6.21. The summed E-state index contributed by atoms with van der Waals surface area (Å²) < 4.78 is 18.8. The van der Waals surface area contributed by atoms with Crippen molar-refractivity contribution in [3.8, 4) is 5.75 Å². The lowest BCUT2D eigenvalue weighted by atomic mass is 10.1. The Balaban J connectivity index is 1.84. The molecule has 2 aromatic rings. The molecule has 0 saturated heterocycles. The molecule has 0 fully saturated rings. The van der Waals surface area contributed by atoms with Crippen LogP contribution < -0.4 is 10.5 Å². The van der Waals surface area contributed by atoms with Gasteiger partial charge in [0.05, 0.1) is 12.3 Å². The molecule has 0 atom stereocenters. The van der Waals surface area contributed by atoms with Gasteiger partial charge in [-0.3, -0.25) is 0 Å². The molecule has 2 N–H and O–H groups in total. The molecular formula is C16H14FNO. The van der Waals surface area contributed by atoms with Crippen LogP contribution >= 0.6 is 0 Å². The number of halogens is 1. The fourth-order valence-corrected chi connectivity index (χ4v) is 2.15. The molecule has 2 aromatic carbocycles. The van der Waals surface area contributed by atoms with Gasteiger partial charge in [0, 0.05) is 6.42 Å². The molecule has 3 heteroatoms. The van der Waals surface area contributed by atoms with Crippen LogP contribution in [0.5, 0.6) is 5.75 Å². The summed E-state index contributed by atoms with van der Waals surface area (Å²) in [6.45, 7) is 0.756. The molecular weight excluding hydrogens is 241 g/mol. The van der Waals surface area contributed by atoms with Gasteiger partial charge < -0.3 is 10.5 Å². The molecule has 0 aliphatic carbocycles. The van der Waals surface area contributed by atoms with Crippen molar-refractivity contribution >= 4 is 17.8 Å². The molecule has 0 unspecified atom stereocenters. The van der Waals surface area contributed by atoms with Crippen molar-refractivity contribution in [3.63, 3.8) is 0 Å². The minimum absolute atomic E-state index is 0.173. The summed E-state index contributed by atoms with van der Waals surface area (Å²) in [4.78, 5) is 0. The van der Waals surface area contributed by atoms with Gasteiger partial charge in [-0.25, -0.2) is 4.39 Å².